The van der Waals surface area contributed by atoms with Crippen molar-refractivity contribution >= 4 is 17.5 Å². The lowest BCUT2D eigenvalue weighted by Crippen LogP contribution is -2.31. The number of hydrogen-bond donors (Lipinski definition) is 3. The maximum Gasteiger partial charge on any atom is 0.255 e. The molecule has 1 amide bonds. The first-order chi connectivity index (χ1) is 18.0. The maximum atomic E-state index is 13.7. The van der Waals surface area contributed by atoms with E-state index in [1.54, 1.807) is 42.1 Å². The van der Waals surface area contributed by atoms with E-state index in [0.29, 0.717) is 46.7 Å². The van der Waals surface area contributed by atoms with Gasteiger partial charge < -0.3 is 25.2 Å². The number of aromatic hydroxyl groups is 1. The van der Waals surface area contributed by atoms with Crippen LogP contribution in [0.25, 0.3) is 11.4 Å². The number of hydrogen-bond acceptors (Lipinski definition) is 7. The van der Waals surface area contributed by atoms with E-state index in [1.165, 1.54) is 0 Å². The van der Waals surface area contributed by atoms with Crippen molar-refractivity contribution in [1.29, 1.82) is 0 Å². The highest BCUT2D eigenvalue weighted by Crippen LogP contribution is 2.38. The number of phenols is 1. The minimum Gasteiger partial charge on any atom is -0.508 e. The number of nitrogens with one attached hydrogen (secondary N) is 2. The third kappa shape index (κ3) is 4.71. The SMILES string of the molecule is CCOc1ccc(C2C(C(=O)Nc3ccccc3OC)=C(C)Nc3nc(-c4cccc(O)c4)nn32)cc1. The molecule has 4 aromatic rings. The van der Waals surface area contributed by atoms with Gasteiger partial charge in [-0.1, -0.05) is 36.4 Å². The zero-order valence-corrected chi connectivity index (χ0v) is 20.7. The van der Waals surface area contributed by atoms with Crippen molar-refractivity contribution in [2.24, 2.45) is 0 Å². The molecule has 0 fully saturated rings. The fraction of sp³-hybridized carbons (Fsp3) is 0.179. The van der Waals surface area contributed by atoms with Crippen molar-refractivity contribution in [2.45, 2.75) is 19.9 Å². The van der Waals surface area contributed by atoms with Crippen molar-refractivity contribution in [3.63, 3.8) is 0 Å². The van der Waals surface area contributed by atoms with E-state index in [1.807, 2.05) is 56.3 Å². The largest absolute Gasteiger partial charge is 0.508 e. The van der Waals surface area contributed by atoms with E-state index in [2.05, 4.69) is 15.6 Å². The third-order valence-corrected chi connectivity index (χ3v) is 6.06. The Morgan fingerprint density at radius 1 is 1.11 bits per heavy atom. The molecule has 0 bridgehead atoms. The standard InChI is InChI=1S/C28H27N5O4/c1-4-37-21-14-12-18(13-15-21)25-24(27(35)30-22-10-5-6-11-23(22)36-3)17(2)29-28-31-26(32-33(25)28)19-8-7-9-20(34)16-19/h5-16,25,34H,4H2,1-3H3,(H,30,35)(H,29,31,32). The molecule has 0 aliphatic carbocycles. The van der Waals surface area contributed by atoms with Crippen LogP contribution in [0.2, 0.25) is 0 Å². The van der Waals surface area contributed by atoms with Crippen LogP contribution in [0.4, 0.5) is 11.6 Å². The maximum absolute atomic E-state index is 13.7. The van der Waals surface area contributed by atoms with E-state index in [4.69, 9.17) is 14.6 Å². The number of rotatable bonds is 7. The van der Waals surface area contributed by atoms with Gasteiger partial charge >= 0.3 is 0 Å². The Kier molecular flexibility index (Phi) is 6.51. The molecular formula is C28H27N5O4. The molecule has 1 aliphatic heterocycles. The number of anilines is 2. The molecule has 1 aromatic heterocycles. The number of carbonyl (C=O) groups is 1. The van der Waals surface area contributed by atoms with Gasteiger partial charge in [0.05, 0.1) is 25.0 Å². The van der Waals surface area contributed by atoms with Crippen molar-refractivity contribution in [3.05, 3.63) is 89.6 Å². The van der Waals surface area contributed by atoms with Gasteiger partial charge in [-0.25, -0.2) is 4.68 Å². The highest BCUT2D eigenvalue weighted by molar-refractivity contribution is 6.06. The minimum atomic E-state index is -0.569. The second-order valence-electron chi connectivity index (χ2n) is 8.48. The number of benzene rings is 3. The molecule has 5 rings (SSSR count). The van der Waals surface area contributed by atoms with E-state index in [9.17, 15) is 9.90 Å². The van der Waals surface area contributed by atoms with Gasteiger partial charge in [-0.15, -0.1) is 5.10 Å². The van der Waals surface area contributed by atoms with Gasteiger partial charge in [0.15, 0.2) is 5.82 Å². The predicted molar refractivity (Wildman–Crippen MR) is 141 cm³/mol. The molecule has 37 heavy (non-hydrogen) atoms. The van der Waals surface area contributed by atoms with Crippen molar-refractivity contribution < 1.29 is 19.4 Å². The Morgan fingerprint density at radius 3 is 2.62 bits per heavy atom. The molecule has 9 heteroatoms. The number of carbonyl (C=O) groups excluding carboxylic acids is 1. The van der Waals surface area contributed by atoms with Gasteiger partial charge in [0, 0.05) is 11.3 Å². The summed E-state index contributed by atoms with van der Waals surface area (Å²) in [6.07, 6.45) is 0. The number of phenolic OH excluding ortho intramolecular Hbond substituents is 1. The molecule has 0 radical (unpaired) electrons. The molecule has 1 atom stereocenters. The monoisotopic (exact) mass is 497 g/mol. The van der Waals surface area contributed by atoms with Crippen molar-refractivity contribution in [2.75, 3.05) is 24.4 Å². The second-order valence-corrected chi connectivity index (χ2v) is 8.48. The van der Waals surface area contributed by atoms with Crippen LogP contribution >= 0.6 is 0 Å². The lowest BCUT2D eigenvalue weighted by Gasteiger charge is -2.29. The Bertz CT molecular complexity index is 1480. The molecule has 3 aromatic carbocycles. The molecule has 1 unspecified atom stereocenters. The first-order valence-electron chi connectivity index (χ1n) is 11.9. The molecular weight excluding hydrogens is 470 g/mol. The van der Waals surface area contributed by atoms with Crippen LogP contribution in [0.1, 0.15) is 25.5 Å². The van der Waals surface area contributed by atoms with Gasteiger partial charge in [0.2, 0.25) is 5.95 Å². The molecule has 3 N–H and O–H groups in total. The van der Waals surface area contributed by atoms with Crippen LogP contribution < -0.4 is 20.1 Å². The lowest BCUT2D eigenvalue weighted by molar-refractivity contribution is -0.113. The summed E-state index contributed by atoms with van der Waals surface area (Å²) in [4.78, 5) is 18.4. The Labute approximate surface area is 214 Å². The van der Waals surface area contributed by atoms with Crippen molar-refractivity contribution in [3.8, 4) is 28.6 Å². The zero-order chi connectivity index (χ0) is 25.9. The van der Waals surface area contributed by atoms with Crippen LogP contribution in [0.3, 0.4) is 0 Å². The number of allylic oxidation sites excluding steroid dienone is 1. The summed E-state index contributed by atoms with van der Waals surface area (Å²) < 4.78 is 12.7. The summed E-state index contributed by atoms with van der Waals surface area (Å²) in [5.41, 5.74) is 3.18. The number of amides is 1. The number of aromatic nitrogens is 3. The van der Waals surface area contributed by atoms with Crippen LogP contribution in [0, 0.1) is 0 Å². The Balaban J connectivity index is 1.59. The molecule has 0 spiro atoms. The summed E-state index contributed by atoms with van der Waals surface area (Å²) in [6.45, 7) is 4.32. The molecule has 0 saturated heterocycles. The first kappa shape index (κ1) is 23.9. The molecule has 9 nitrogen and oxygen atoms in total. The number of nitrogens with zero attached hydrogens (tertiary/aromatic N) is 3. The Morgan fingerprint density at radius 2 is 1.89 bits per heavy atom. The topological polar surface area (TPSA) is 111 Å². The average molecular weight is 498 g/mol. The summed E-state index contributed by atoms with van der Waals surface area (Å²) in [7, 11) is 1.56. The minimum absolute atomic E-state index is 0.118. The lowest BCUT2D eigenvalue weighted by atomic mass is 9.95. The zero-order valence-electron chi connectivity index (χ0n) is 20.7. The highest BCUT2D eigenvalue weighted by Gasteiger charge is 2.34. The number of fused-ring (bicyclic) bond motifs is 1. The Hall–Kier alpha value is -4.79. The normalized spacial score (nSPS) is 14.5. The van der Waals surface area contributed by atoms with Gasteiger partial charge in [-0.3, -0.25) is 4.79 Å². The van der Waals surface area contributed by atoms with E-state index in [0.717, 1.165) is 11.3 Å². The first-order valence-corrected chi connectivity index (χ1v) is 11.9. The smallest absolute Gasteiger partial charge is 0.255 e. The molecule has 188 valence electrons. The van der Waals surface area contributed by atoms with Crippen LogP contribution in [0.15, 0.2) is 84.1 Å². The molecule has 1 aliphatic rings. The highest BCUT2D eigenvalue weighted by atomic mass is 16.5. The van der Waals surface area contributed by atoms with Gasteiger partial charge in [0.25, 0.3) is 5.91 Å². The fourth-order valence-electron chi connectivity index (χ4n) is 4.37. The van der Waals surface area contributed by atoms with E-state index in [-0.39, 0.29) is 11.7 Å². The molecule has 0 saturated carbocycles. The van der Waals surface area contributed by atoms with Gasteiger partial charge in [-0.2, -0.15) is 4.98 Å². The number of ether oxygens (including phenoxy) is 2. The third-order valence-electron chi connectivity index (χ3n) is 6.06. The van der Waals surface area contributed by atoms with E-state index >= 15 is 0 Å². The number of para-hydroxylation sites is 2. The summed E-state index contributed by atoms with van der Waals surface area (Å²) in [5.74, 6) is 2.03. The predicted octanol–water partition coefficient (Wildman–Crippen LogP) is 4.99. The quantitative estimate of drug-likeness (QED) is 0.330. The van der Waals surface area contributed by atoms with Crippen LogP contribution in [-0.4, -0.2) is 39.5 Å². The second kappa shape index (κ2) is 10.1. The van der Waals surface area contributed by atoms with Crippen LogP contribution in [-0.2, 0) is 4.79 Å². The van der Waals surface area contributed by atoms with E-state index < -0.39 is 6.04 Å². The van der Waals surface area contributed by atoms with Crippen molar-refractivity contribution in [1.82, 2.24) is 14.8 Å². The fourth-order valence-corrected chi connectivity index (χ4v) is 4.37. The summed E-state index contributed by atoms with van der Waals surface area (Å²) in [5, 5.41) is 20.9. The summed E-state index contributed by atoms with van der Waals surface area (Å²) >= 11 is 0. The molecule has 2 heterocycles. The van der Waals surface area contributed by atoms with Gasteiger partial charge in [0.1, 0.15) is 23.3 Å². The number of methoxy groups -OCH3 is 1. The van der Waals surface area contributed by atoms with Gasteiger partial charge in [-0.05, 0) is 55.8 Å². The summed E-state index contributed by atoms with van der Waals surface area (Å²) in [6, 6.07) is 21.0. The van der Waals surface area contributed by atoms with Crippen LogP contribution in [0.5, 0.6) is 17.2 Å². The average Bonchev–Trinajstić information content (AvgIpc) is 3.32.